The van der Waals surface area contributed by atoms with Crippen molar-refractivity contribution in [3.63, 3.8) is 0 Å². The second kappa shape index (κ2) is 4.02. The Labute approximate surface area is 119 Å². The number of aryl methyl sites for hydroxylation is 1. The monoisotopic (exact) mass is 292 g/mol. The predicted octanol–water partition coefficient (Wildman–Crippen LogP) is 3.96. The van der Waals surface area contributed by atoms with E-state index in [1.165, 1.54) is 11.3 Å². The Hall–Kier alpha value is -1.46. The fourth-order valence-electron chi connectivity index (χ4n) is 3.20. The van der Waals surface area contributed by atoms with Gasteiger partial charge in [-0.15, -0.1) is 11.3 Å². The van der Waals surface area contributed by atoms with Crippen LogP contribution < -0.4 is 0 Å². The first-order valence-corrected chi connectivity index (χ1v) is 7.52. The summed E-state index contributed by atoms with van der Waals surface area (Å²) in [6, 6.07) is 0. The molecule has 0 bridgehead atoms. The van der Waals surface area contributed by atoms with Crippen LogP contribution in [0, 0.1) is 18.6 Å². The van der Waals surface area contributed by atoms with E-state index in [0.717, 1.165) is 47.1 Å². The predicted molar refractivity (Wildman–Crippen MR) is 78.4 cm³/mol. The number of hydrogen-bond acceptors (Lipinski definition) is 2. The summed E-state index contributed by atoms with van der Waals surface area (Å²) >= 11 is 1.28. The van der Waals surface area contributed by atoms with Crippen molar-refractivity contribution in [3.05, 3.63) is 33.8 Å². The molecule has 0 saturated heterocycles. The van der Waals surface area contributed by atoms with E-state index in [0.29, 0.717) is 10.2 Å². The van der Waals surface area contributed by atoms with Crippen molar-refractivity contribution in [1.82, 2.24) is 9.88 Å². The van der Waals surface area contributed by atoms with E-state index >= 15 is 0 Å². The molecule has 0 unspecified atom stereocenters. The van der Waals surface area contributed by atoms with Gasteiger partial charge in [0.1, 0.15) is 0 Å². The molecule has 0 saturated carbocycles. The lowest BCUT2D eigenvalue weighted by molar-refractivity contribution is 0.313. The Bertz CT molecular complexity index is 847. The number of aromatic nitrogens is 1. The molecule has 1 aliphatic rings. The number of halogens is 2. The highest BCUT2D eigenvalue weighted by Gasteiger charge is 2.25. The molecule has 0 radical (unpaired) electrons. The minimum Gasteiger partial charge on any atom is -0.356 e. The number of nitrogens with zero attached hydrogens (tertiary/aromatic N) is 1. The maximum atomic E-state index is 14.3. The van der Waals surface area contributed by atoms with Gasteiger partial charge in [0.15, 0.2) is 11.6 Å². The van der Waals surface area contributed by atoms with Crippen LogP contribution in [0.1, 0.15) is 16.8 Å². The van der Waals surface area contributed by atoms with E-state index in [2.05, 4.69) is 16.9 Å². The Balaban J connectivity index is 2.23. The molecule has 0 aliphatic carbocycles. The zero-order valence-corrected chi connectivity index (χ0v) is 12.1. The van der Waals surface area contributed by atoms with Gasteiger partial charge in [0, 0.05) is 36.0 Å². The van der Waals surface area contributed by atoms with Gasteiger partial charge in [0.2, 0.25) is 0 Å². The van der Waals surface area contributed by atoms with E-state index in [9.17, 15) is 8.78 Å². The van der Waals surface area contributed by atoms with Crippen molar-refractivity contribution in [2.75, 3.05) is 13.6 Å². The highest BCUT2D eigenvalue weighted by atomic mass is 32.1. The second-order valence-corrected chi connectivity index (χ2v) is 6.45. The molecule has 20 heavy (non-hydrogen) atoms. The first-order valence-electron chi connectivity index (χ1n) is 6.64. The molecular weight excluding hydrogens is 278 g/mol. The average Bonchev–Trinajstić information content (AvgIpc) is 2.97. The van der Waals surface area contributed by atoms with Crippen molar-refractivity contribution in [1.29, 1.82) is 0 Å². The summed E-state index contributed by atoms with van der Waals surface area (Å²) in [5.74, 6) is -1.47. The fraction of sp³-hybridized carbons (Fsp3) is 0.333. The quantitative estimate of drug-likeness (QED) is 0.664. The van der Waals surface area contributed by atoms with Gasteiger partial charge in [0.05, 0.1) is 10.2 Å². The lowest BCUT2D eigenvalue weighted by Crippen LogP contribution is -2.26. The molecule has 0 spiro atoms. The Kier molecular flexibility index (Phi) is 2.47. The average molecular weight is 292 g/mol. The van der Waals surface area contributed by atoms with Crippen LogP contribution in [0.15, 0.2) is 5.38 Å². The Morgan fingerprint density at radius 1 is 1.25 bits per heavy atom. The summed E-state index contributed by atoms with van der Waals surface area (Å²) in [4.78, 5) is 5.33. The molecule has 0 amide bonds. The SMILES string of the molecule is Cc1csc2c(F)c(F)c3[nH]c4c(c3c12)CN(C)CC4. The first-order chi connectivity index (χ1) is 9.58. The topological polar surface area (TPSA) is 19.0 Å². The zero-order chi connectivity index (χ0) is 14.0. The molecule has 104 valence electrons. The number of fused-ring (bicyclic) bond motifs is 5. The zero-order valence-electron chi connectivity index (χ0n) is 11.3. The number of likely N-dealkylation sites (N-methyl/N-ethyl adjacent to an activating group) is 1. The van der Waals surface area contributed by atoms with E-state index in [1.54, 1.807) is 0 Å². The van der Waals surface area contributed by atoms with Crippen LogP contribution in [0.5, 0.6) is 0 Å². The molecule has 3 heterocycles. The molecule has 1 aromatic carbocycles. The van der Waals surface area contributed by atoms with Gasteiger partial charge in [-0.25, -0.2) is 8.78 Å². The lowest BCUT2D eigenvalue weighted by atomic mass is 10.0. The van der Waals surface area contributed by atoms with E-state index in [1.807, 2.05) is 12.3 Å². The molecule has 1 aliphatic heterocycles. The minimum atomic E-state index is -0.744. The maximum Gasteiger partial charge on any atom is 0.184 e. The van der Waals surface area contributed by atoms with Gasteiger partial charge in [-0.2, -0.15) is 0 Å². The van der Waals surface area contributed by atoms with E-state index < -0.39 is 11.6 Å². The van der Waals surface area contributed by atoms with Gasteiger partial charge < -0.3 is 9.88 Å². The molecule has 5 heteroatoms. The highest BCUT2D eigenvalue weighted by molar-refractivity contribution is 7.17. The van der Waals surface area contributed by atoms with Crippen LogP contribution in [0.25, 0.3) is 21.0 Å². The van der Waals surface area contributed by atoms with Crippen molar-refractivity contribution in [2.24, 2.45) is 0 Å². The smallest absolute Gasteiger partial charge is 0.184 e. The van der Waals surface area contributed by atoms with Gasteiger partial charge in [-0.3, -0.25) is 0 Å². The van der Waals surface area contributed by atoms with Crippen molar-refractivity contribution >= 4 is 32.3 Å². The van der Waals surface area contributed by atoms with Gasteiger partial charge in [0.25, 0.3) is 0 Å². The standard InChI is InChI=1S/C15H14F2N2S/c1-7-6-20-15-10(7)11-8-5-19(2)4-3-9(8)18-14(11)12(16)13(15)17/h6,18H,3-5H2,1-2H3. The molecule has 3 aromatic rings. The number of H-pyrrole nitrogens is 1. The summed E-state index contributed by atoms with van der Waals surface area (Å²) in [6.07, 6.45) is 0.853. The molecule has 4 rings (SSSR count). The number of hydrogen-bond donors (Lipinski definition) is 1. The third-order valence-corrected chi connectivity index (χ3v) is 5.29. The summed E-state index contributed by atoms with van der Waals surface area (Å²) in [5.41, 5.74) is 3.52. The molecular formula is C15H14F2N2S. The van der Waals surface area contributed by atoms with Crippen LogP contribution in [0.4, 0.5) is 8.78 Å². The second-order valence-electron chi connectivity index (χ2n) is 5.57. The lowest BCUT2D eigenvalue weighted by Gasteiger charge is -2.22. The maximum absolute atomic E-state index is 14.3. The number of nitrogens with one attached hydrogen (secondary N) is 1. The summed E-state index contributed by atoms with van der Waals surface area (Å²) < 4.78 is 28.9. The fourth-order valence-corrected chi connectivity index (χ4v) is 4.18. The third-order valence-electron chi connectivity index (χ3n) is 4.20. The summed E-state index contributed by atoms with van der Waals surface area (Å²) in [5, 5.41) is 3.65. The first kappa shape index (κ1) is 12.3. The number of benzene rings is 1. The van der Waals surface area contributed by atoms with Crippen LogP contribution in [0.3, 0.4) is 0 Å². The molecule has 0 atom stereocenters. The van der Waals surface area contributed by atoms with Crippen molar-refractivity contribution in [2.45, 2.75) is 19.9 Å². The minimum absolute atomic E-state index is 0.330. The van der Waals surface area contributed by atoms with Gasteiger partial charge in [-0.05, 0) is 30.5 Å². The van der Waals surface area contributed by atoms with Crippen LogP contribution >= 0.6 is 11.3 Å². The Morgan fingerprint density at radius 3 is 2.85 bits per heavy atom. The van der Waals surface area contributed by atoms with Gasteiger partial charge >= 0.3 is 0 Å². The normalized spacial score (nSPS) is 16.2. The van der Waals surface area contributed by atoms with Crippen LogP contribution in [-0.4, -0.2) is 23.5 Å². The number of aromatic amines is 1. The largest absolute Gasteiger partial charge is 0.356 e. The molecule has 0 fully saturated rings. The number of rotatable bonds is 0. The Morgan fingerprint density at radius 2 is 2.05 bits per heavy atom. The summed E-state index contributed by atoms with van der Waals surface area (Å²) in [6.45, 7) is 3.68. The van der Waals surface area contributed by atoms with Crippen molar-refractivity contribution in [3.8, 4) is 0 Å². The molecule has 2 aromatic heterocycles. The van der Waals surface area contributed by atoms with Crippen LogP contribution in [-0.2, 0) is 13.0 Å². The van der Waals surface area contributed by atoms with E-state index in [4.69, 9.17) is 0 Å². The molecule has 1 N–H and O–H groups in total. The van der Waals surface area contributed by atoms with Crippen LogP contribution in [0.2, 0.25) is 0 Å². The third kappa shape index (κ3) is 1.45. The molecule has 2 nitrogen and oxygen atoms in total. The number of thiophene rings is 1. The van der Waals surface area contributed by atoms with Crippen molar-refractivity contribution < 1.29 is 8.78 Å². The highest BCUT2D eigenvalue weighted by Crippen LogP contribution is 2.40. The van der Waals surface area contributed by atoms with Gasteiger partial charge in [-0.1, -0.05) is 0 Å². The van der Waals surface area contributed by atoms with E-state index in [-0.39, 0.29) is 0 Å². The summed E-state index contributed by atoms with van der Waals surface area (Å²) in [7, 11) is 2.05.